The van der Waals surface area contributed by atoms with Gasteiger partial charge in [-0.25, -0.2) is 4.98 Å². The van der Waals surface area contributed by atoms with E-state index in [-0.39, 0.29) is 0 Å². The lowest BCUT2D eigenvalue weighted by Gasteiger charge is -2.20. The van der Waals surface area contributed by atoms with Gasteiger partial charge in [-0.2, -0.15) is 0 Å². The summed E-state index contributed by atoms with van der Waals surface area (Å²) in [6, 6.07) is 2.13. The molecule has 0 saturated carbocycles. The van der Waals surface area contributed by atoms with Gasteiger partial charge in [-0.1, -0.05) is 19.1 Å². The van der Waals surface area contributed by atoms with Crippen LogP contribution in [0.3, 0.4) is 0 Å². The molecule has 1 heterocycles. The van der Waals surface area contributed by atoms with Crippen molar-refractivity contribution in [1.82, 2.24) is 9.88 Å². The van der Waals surface area contributed by atoms with Crippen LogP contribution in [0.15, 0.2) is 6.07 Å². The van der Waals surface area contributed by atoms with Crippen LogP contribution in [0.5, 0.6) is 0 Å². The summed E-state index contributed by atoms with van der Waals surface area (Å²) in [4.78, 5) is 7.44. The number of hydrogen-bond donors (Lipinski definition) is 2. The summed E-state index contributed by atoms with van der Waals surface area (Å²) in [6.45, 7) is 5.02. The van der Waals surface area contributed by atoms with Gasteiger partial charge in [-0.15, -0.1) is 0 Å². The lowest BCUT2D eigenvalue weighted by Crippen LogP contribution is -2.26. The van der Waals surface area contributed by atoms with Crippen LogP contribution in [-0.2, 0) is 12.8 Å². The first kappa shape index (κ1) is 15.2. The van der Waals surface area contributed by atoms with E-state index < -0.39 is 0 Å². The van der Waals surface area contributed by atoms with Gasteiger partial charge in [0.05, 0.1) is 5.56 Å². The third-order valence-corrected chi connectivity index (χ3v) is 4.11. The molecule has 0 unspecified atom stereocenters. The first-order chi connectivity index (χ1) is 9.61. The van der Waals surface area contributed by atoms with Gasteiger partial charge in [-0.05, 0) is 50.9 Å². The number of nitrogens with zero attached hydrogens (tertiary/aromatic N) is 2. The Bertz CT molecular complexity index is 487. The van der Waals surface area contributed by atoms with Gasteiger partial charge in [0.15, 0.2) is 0 Å². The van der Waals surface area contributed by atoms with Crippen LogP contribution in [0.25, 0.3) is 0 Å². The Morgan fingerprint density at radius 3 is 2.90 bits per heavy atom. The summed E-state index contributed by atoms with van der Waals surface area (Å²) in [6.07, 6.45) is 4.62. The quantitative estimate of drug-likeness (QED) is 0.785. The predicted octanol–water partition coefficient (Wildman–Crippen LogP) is 1.96. The van der Waals surface area contributed by atoms with Crippen LogP contribution in [0.1, 0.15) is 36.6 Å². The van der Waals surface area contributed by atoms with Gasteiger partial charge in [0.25, 0.3) is 0 Å². The SMILES string of the molecule is CCN(C)CCNc1nc2c(cc1C(N)=S)CCCC2. The zero-order chi connectivity index (χ0) is 14.5. The zero-order valence-electron chi connectivity index (χ0n) is 12.4. The number of rotatable bonds is 6. The molecule has 1 aromatic rings. The Hall–Kier alpha value is -1.20. The van der Waals surface area contributed by atoms with Gasteiger partial charge < -0.3 is 16.0 Å². The number of likely N-dealkylation sites (N-methyl/N-ethyl adjacent to an activating group) is 1. The molecule has 110 valence electrons. The maximum Gasteiger partial charge on any atom is 0.136 e. The predicted molar refractivity (Wildman–Crippen MR) is 88.4 cm³/mol. The van der Waals surface area contributed by atoms with Gasteiger partial charge in [0.2, 0.25) is 0 Å². The highest BCUT2D eigenvalue weighted by molar-refractivity contribution is 7.80. The topological polar surface area (TPSA) is 54.2 Å². The minimum Gasteiger partial charge on any atom is -0.389 e. The molecule has 0 spiro atoms. The largest absolute Gasteiger partial charge is 0.389 e. The molecule has 1 aliphatic carbocycles. The number of pyridine rings is 1. The Labute approximate surface area is 126 Å². The van der Waals surface area contributed by atoms with Crippen molar-refractivity contribution in [2.45, 2.75) is 32.6 Å². The van der Waals surface area contributed by atoms with Crippen LogP contribution in [-0.4, -0.2) is 41.6 Å². The second-order valence-electron chi connectivity index (χ2n) is 5.38. The molecule has 20 heavy (non-hydrogen) atoms. The molecule has 3 N–H and O–H groups in total. The summed E-state index contributed by atoms with van der Waals surface area (Å²) < 4.78 is 0. The van der Waals surface area contributed by atoms with E-state index in [9.17, 15) is 0 Å². The second kappa shape index (κ2) is 6.99. The first-order valence-corrected chi connectivity index (χ1v) is 7.77. The molecule has 1 aliphatic rings. The molecular weight excluding hydrogens is 268 g/mol. The minimum atomic E-state index is 0.428. The first-order valence-electron chi connectivity index (χ1n) is 7.36. The molecule has 0 saturated heterocycles. The Morgan fingerprint density at radius 2 is 2.20 bits per heavy atom. The van der Waals surface area contributed by atoms with E-state index in [0.29, 0.717) is 4.99 Å². The number of hydrogen-bond acceptors (Lipinski definition) is 4. The van der Waals surface area contributed by atoms with E-state index in [2.05, 4.69) is 30.3 Å². The third-order valence-electron chi connectivity index (χ3n) is 3.89. The summed E-state index contributed by atoms with van der Waals surface area (Å²) in [5, 5.41) is 3.39. The Morgan fingerprint density at radius 1 is 1.45 bits per heavy atom. The molecule has 1 aromatic heterocycles. The molecule has 0 aromatic carbocycles. The van der Waals surface area contributed by atoms with Crippen molar-refractivity contribution in [2.75, 3.05) is 32.0 Å². The Kier molecular flexibility index (Phi) is 5.31. The number of aryl methyl sites for hydroxylation is 2. The maximum absolute atomic E-state index is 5.85. The van der Waals surface area contributed by atoms with Crippen molar-refractivity contribution < 1.29 is 0 Å². The Balaban J connectivity index is 2.15. The van der Waals surface area contributed by atoms with Gasteiger partial charge >= 0.3 is 0 Å². The molecule has 0 amide bonds. The molecule has 0 aliphatic heterocycles. The van der Waals surface area contributed by atoms with Gasteiger partial charge in [0, 0.05) is 18.8 Å². The number of anilines is 1. The highest BCUT2D eigenvalue weighted by Crippen LogP contribution is 2.24. The third kappa shape index (κ3) is 3.67. The maximum atomic E-state index is 5.85. The molecule has 0 radical (unpaired) electrons. The summed E-state index contributed by atoms with van der Waals surface area (Å²) in [5.74, 6) is 0.850. The fourth-order valence-corrected chi connectivity index (χ4v) is 2.64. The van der Waals surface area contributed by atoms with E-state index in [4.69, 9.17) is 22.9 Å². The highest BCUT2D eigenvalue weighted by Gasteiger charge is 2.16. The zero-order valence-corrected chi connectivity index (χ0v) is 13.2. The van der Waals surface area contributed by atoms with E-state index in [1.165, 1.54) is 24.1 Å². The van der Waals surface area contributed by atoms with Crippen molar-refractivity contribution >= 4 is 23.0 Å². The van der Waals surface area contributed by atoms with Crippen molar-refractivity contribution in [1.29, 1.82) is 0 Å². The van der Waals surface area contributed by atoms with Crippen molar-refractivity contribution in [2.24, 2.45) is 5.73 Å². The van der Waals surface area contributed by atoms with Gasteiger partial charge in [0.1, 0.15) is 10.8 Å². The lowest BCUT2D eigenvalue weighted by atomic mass is 9.94. The summed E-state index contributed by atoms with van der Waals surface area (Å²) in [7, 11) is 2.11. The number of thiocarbonyl (C=S) groups is 1. The average Bonchev–Trinajstić information content (AvgIpc) is 2.46. The molecule has 2 rings (SSSR count). The van der Waals surface area contributed by atoms with E-state index in [1.807, 2.05) is 0 Å². The second-order valence-corrected chi connectivity index (χ2v) is 5.82. The van der Waals surface area contributed by atoms with Crippen LogP contribution >= 0.6 is 12.2 Å². The summed E-state index contributed by atoms with van der Waals surface area (Å²) in [5.41, 5.74) is 9.26. The standard InChI is InChI=1S/C15H24N4S/c1-3-19(2)9-8-17-15-12(14(16)20)10-11-6-4-5-7-13(11)18-15/h10H,3-9H2,1-2H3,(H2,16,20)(H,17,18). The van der Waals surface area contributed by atoms with Crippen molar-refractivity contribution in [3.63, 3.8) is 0 Å². The number of fused-ring (bicyclic) bond motifs is 1. The van der Waals surface area contributed by atoms with E-state index in [1.54, 1.807) is 0 Å². The van der Waals surface area contributed by atoms with E-state index in [0.717, 1.165) is 43.9 Å². The fraction of sp³-hybridized carbons (Fsp3) is 0.600. The molecule has 0 atom stereocenters. The van der Waals surface area contributed by atoms with Gasteiger partial charge in [-0.3, -0.25) is 0 Å². The monoisotopic (exact) mass is 292 g/mol. The molecule has 0 fully saturated rings. The van der Waals surface area contributed by atoms with Crippen LogP contribution in [0, 0.1) is 0 Å². The molecule has 0 bridgehead atoms. The lowest BCUT2D eigenvalue weighted by molar-refractivity contribution is 0.367. The number of aromatic nitrogens is 1. The van der Waals surface area contributed by atoms with Crippen molar-refractivity contribution in [3.8, 4) is 0 Å². The van der Waals surface area contributed by atoms with E-state index >= 15 is 0 Å². The smallest absolute Gasteiger partial charge is 0.136 e. The molecular formula is C15H24N4S. The molecule has 5 heteroatoms. The average molecular weight is 292 g/mol. The normalized spacial score (nSPS) is 14.2. The number of nitrogens with one attached hydrogen (secondary N) is 1. The minimum absolute atomic E-state index is 0.428. The number of nitrogens with two attached hydrogens (primary N) is 1. The fourth-order valence-electron chi connectivity index (χ4n) is 2.48. The summed E-state index contributed by atoms with van der Waals surface area (Å²) >= 11 is 5.17. The van der Waals surface area contributed by atoms with Crippen molar-refractivity contribution in [3.05, 3.63) is 22.9 Å². The van der Waals surface area contributed by atoms with Crippen LogP contribution < -0.4 is 11.1 Å². The highest BCUT2D eigenvalue weighted by atomic mass is 32.1. The van der Waals surface area contributed by atoms with Crippen LogP contribution in [0.2, 0.25) is 0 Å². The van der Waals surface area contributed by atoms with Crippen LogP contribution in [0.4, 0.5) is 5.82 Å². The molecule has 4 nitrogen and oxygen atoms in total.